The second-order valence-electron chi connectivity index (χ2n) is 11.9. The molecule has 0 unspecified atom stereocenters. The molecule has 0 aliphatic carbocycles. The average molecular weight is 460 g/mol. The van der Waals surface area contributed by atoms with Crippen LogP contribution in [0.15, 0.2) is 24.3 Å². The molecule has 4 nitrogen and oxygen atoms in total. The first-order valence-electron chi connectivity index (χ1n) is 13.1. The number of carbonyl (C=O) groups excluding carboxylic acids is 1. The molecule has 1 heterocycles. The van der Waals surface area contributed by atoms with Gasteiger partial charge in [-0.15, -0.1) is 0 Å². The van der Waals surface area contributed by atoms with Crippen LogP contribution in [0.2, 0.25) is 0 Å². The molecule has 188 valence electrons. The van der Waals surface area contributed by atoms with Gasteiger partial charge >= 0.3 is 0 Å². The molecule has 0 bridgehead atoms. The Morgan fingerprint density at radius 1 is 1.06 bits per heavy atom. The maximum atomic E-state index is 12.9. The van der Waals surface area contributed by atoms with Gasteiger partial charge in [0.25, 0.3) is 0 Å². The molecule has 0 saturated carbocycles. The van der Waals surface area contributed by atoms with Gasteiger partial charge in [-0.1, -0.05) is 46.2 Å². The highest BCUT2D eigenvalue weighted by Gasteiger charge is 2.40. The normalized spacial score (nSPS) is 21.4. The lowest BCUT2D eigenvalue weighted by atomic mass is 9.68. The summed E-state index contributed by atoms with van der Waals surface area (Å²) in [5.41, 5.74) is 1.40. The molecule has 0 spiro atoms. The molecule has 2 atom stereocenters. The first-order chi connectivity index (χ1) is 15.4. The third-order valence-electron chi connectivity index (χ3n) is 7.05. The summed E-state index contributed by atoms with van der Waals surface area (Å²) in [5, 5.41) is 3.26. The molecule has 1 aliphatic heterocycles. The van der Waals surface area contributed by atoms with E-state index in [1.54, 1.807) is 0 Å². The van der Waals surface area contributed by atoms with E-state index in [4.69, 9.17) is 9.47 Å². The minimum absolute atomic E-state index is 0.0760. The zero-order chi connectivity index (χ0) is 24.6. The maximum absolute atomic E-state index is 12.9. The van der Waals surface area contributed by atoms with Crippen molar-refractivity contribution < 1.29 is 14.3 Å². The van der Waals surface area contributed by atoms with E-state index in [2.05, 4.69) is 59.0 Å². The predicted octanol–water partition coefficient (Wildman–Crippen LogP) is 7.12. The second kappa shape index (κ2) is 12.2. The summed E-state index contributed by atoms with van der Waals surface area (Å²) in [6.07, 6.45) is 6.33. The summed E-state index contributed by atoms with van der Waals surface area (Å²) >= 11 is 0. The van der Waals surface area contributed by atoms with Gasteiger partial charge < -0.3 is 14.8 Å². The summed E-state index contributed by atoms with van der Waals surface area (Å²) < 4.78 is 11.8. The lowest BCUT2D eigenvalue weighted by molar-refractivity contribution is -0.122. The second-order valence-corrected chi connectivity index (χ2v) is 11.9. The molecule has 4 heteroatoms. The molecule has 1 saturated heterocycles. The monoisotopic (exact) mass is 459 g/mol. The Morgan fingerprint density at radius 3 is 2.27 bits per heavy atom. The van der Waals surface area contributed by atoms with Crippen LogP contribution in [0.5, 0.6) is 5.75 Å². The van der Waals surface area contributed by atoms with Gasteiger partial charge in [-0.2, -0.15) is 0 Å². The van der Waals surface area contributed by atoms with Gasteiger partial charge in [0.05, 0.1) is 11.7 Å². The van der Waals surface area contributed by atoms with Crippen molar-refractivity contribution in [3.8, 4) is 5.75 Å². The molecule has 0 aromatic heterocycles. The predicted molar refractivity (Wildman–Crippen MR) is 138 cm³/mol. The Hall–Kier alpha value is -1.55. The van der Waals surface area contributed by atoms with Gasteiger partial charge in [-0.3, -0.25) is 4.79 Å². The van der Waals surface area contributed by atoms with Gasteiger partial charge in [-0.05, 0) is 94.2 Å². The number of nitrogens with one attached hydrogen (secondary N) is 1. The molecule has 0 radical (unpaired) electrons. The fraction of sp³-hybridized carbons (Fsp3) is 0.759. The topological polar surface area (TPSA) is 47.6 Å². The van der Waals surface area contributed by atoms with Crippen molar-refractivity contribution >= 4 is 5.91 Å². The highest BCUT2D eigenvalue weighted by atomic mass is 16.5. The number of ether oxygens (including phenoxy) is 2. The van der Waals surface area contributed by atoms with Crippen LogP contribution in [0.4, 0.5) is 0 Å². The molecule has 1 N–H and O–H groups in total. The van der Waals surface area contributed by atoms with Crippen molar-refractivity contribution in [1.82, 2.24) is 5.32 Å². The summed E-state index contributed by atoms with van der Waals surface area (Å²) in [7, 11) is 0. The summed E-state index contributed by atoms with van der Waals surface area (Å²) in [6.45, 7) is 19.0. The molecule has 33 heavy (non-hydrogen) atoms. The molecule has 2 rings (SSSR count). The number of benzene rings is 1. The van der Waals surface area contributed by atoms with Crippen molar-refractivity contribution in [2.75, 3.05) is 13.2 Å². The minimum Gasteiger partial charge on any atom is -0.491 e. The fourth-order valence-corrected chi connectivity index (χ4v) is 5.28. The molecular weight excluding hydrogens is 410 g/mol. The van der Waals surface area contributed by atoms with E-state index in [-0.39, 0.29) is 28.9 Å². The number of amides is 1. The van der Waals surface area contributed by atoms with Crippen molar-refractivity contribution in [2.45, 2.75) is 112 Å². The fourth-order valence-electron chi connectivity index (χ4n) is 5.28. The van der Waals surface area contributed by atoms with Crippen molar-refractivity contribution in [3.63, 3.8) is 0 Å². The number of carbonyl (C=O) groups is 1. The molecule has 1 aromatic carbocycles. The minimum atomic E-state index is -0.0760. The highest BCUT2D eigenvalue weighted by Crippen LogP contribution is 2.45. The van der Waals surface area contributed by atoms with Gasteiger partial charge in [-0.25, -0.2) is 0 Å². The standard InChI is InChI=1S/C29H49NO3/c1-21(2)13-14-29(16-18-32-28(7,8)20-29)15-17-30-27(31)19-26(22(3)4)24-9-11-25(12-10-24)33-23(5)6/h9-12,21-23,26H,13-20H2,1-8H3,(H,30,31)/t26-,29+/m0/s1. The molecule has 1 amide bonds. The highest BCUT2D eigenvalue weighted by molar-refractivity contribution is 5.76. The summed E-state index contributed by atoms with van der Waals surface area (Å²) in [4.78, 5) is 12.9. The van der Waals surface area contributed by atoms with Crippen LogP contribution in [0, 0.1) is 17.3 Å². The van der Waals surface area contributed by atoms with E-state index in [1.165, 1.54) is 18.4 Å². The van der Waals surface area contributed by atoms with Crippen LogP contribution in [-0.2, 0) is 9.53 Å². The number of rotatable bonds is 12. The van der Waals surface area contributed by atoms with Crippen LogP contribution >= 0.6 is 0 Å². The van der Waals surface area contributed by atoms with E-state index >= 15 is 0 Å². The number of hydrogen-bond donors (Lipinski definition) is 1. The first kappa shape index (κ1) is 27.7. The Morgan fingerprint density at radius 2 is 1.73 bits per heavy atom. The Kier molecular flexibility index (Phi) is 10.3. The van der Waals surface area contributed by atoms with Crippen LogP contribution < -0.4 is 10.1 Å². The van der Waals surface area contributed by atoms with E-state index in [1.807, 2.05) is 26.0 Å². The average Bonchev–Trinajstić information content (AvgIpc) is 2.70. The molecule has 1 aliphatic rings. The Balaban J connectivity index is 1.95. The lowest BCUT2D eigenvalue weighted by Crippen LogP contribution is -2.43. The Bertz CT molecular complexity index is 723. The van der Waals surface area contributed by atoms with Crippen molar-refractivity contribution in [3.05, 3.63) is 29.8 Å². The van der Waals surface area contributed by atoms with E-state index < -0.39 is 0 Å². The zero-order valence-electron chi connectivity index (χ0n) is 22.5. The van der Waals surface area contributed by atoms with E-state index in [0.717, 1.165) is 38.2 Å². The lowest BCUT2D eigenvalue weighted by Gasteiger charge is -2.45. The molecular formula is C29H49NO3. The van der Waals surface area contributed by atoms with Crippen LogP contribution in [0.1, 0.15) is 105 Å². The van der Waals surface area contributed by atoms with Crippen LogP contribution in [0.3, 0.4) is 0 Å². The van der Waals surface area contributed by atoms with Crippen LogP contribution in [0.25, 0.3) is 0 Å². The first-order valence-corrected chi connectivity index (χ1v) is 13.1. The summed E-state index contributed by atoms with van der Waals surface area (Å²) in [6, 6.07) is 8.27. The maximum Gasteiger partial charge on any atom is 0.220 e. The Labute approximate surface area is 203 Å². The van der Waals surface area contributed by atoms with E-state index in [0.29, 0.717) is 18.3 Å². The smallest absolute Gasteiger partial charge is 0.220 e. The van der Waals surface area contributed by atoms with Gasteiger partial charge in [0, 0.05) is 19.6 Å². The summed E-state index contributed by atoms with van der Waals surface area (Å²) in [5.74, 6) is 2.33. The van der Waals surface area contributed by atoms with Gasteiger partial charge in [0.2, 0.25) is 5.91 Å². The van der Waals surface area contributed by atoms with Crippen molar-refractivity contribution in [1.29, 1.82) is 0 Å². The third kappa shape index (κ3) is 9.31. The van der Waals surface area contributed by atoms with Gasteiger partial charge in [0.15, 0.2) is 0 Å². The molecule has 1 fully saturated rings. The van der Waals surface area contributed by atoms with Gasteiger partial charge in [0.1, 0.15) is 5.75 Å². The zero-order valence-corrected chi connectivity index (χ0v) is 22.5. The number of hydrogen-bond acceptors (Lipinski definition) is 3. The quantitative estimate of drug-likeness (QED) is 0.362. The largest absolute Gasteiger partial charge is 0.491 e. The van der Waals surface area contributed by atoms with E-state index in [9.17, 15) is 4.79 Å². The van der Waals surface area contributed by atoms with Crippen LogP contribution in [-0.4, -0.2) is 30.8 Å². The van der Waals surface area contributed by atoms with Crippen molar-refractivity contribution in [2.24, 2.45) is 17.3 Å². The molecule has 1 aromatic rings. The third-order valence-corrected chi connectivity index (χ3v) is 7.05. The SMILES string of the molecule is CC(C)CC[C@@]1(CCNC(=O)C[C@H](c2ccc(OC(C)C)cc2)C(C)C)CCOC(C)(C)C1.